The first-order chi connectivity index (χ1) is 9.99. The van der Waals surface area contributed by atoms with Gasteiger partial charge in [-0.2, -0.15) is 0 Å². The topological polar surface area (TPSA) is 20.2 Å². The Morgan fingerprint density at radius 2 is 1.86 bits per heavy atom. The second-order valence-corrected chi connectivity index (χ2v) is 6.37. The number of phenolic OH excluding ortho intramolecular Hbond substituents is 1. The van der Waals surface area contributed by atoms with Crippen LogP contribution < -0.4 is 0 Å². The summed E-state index contributed by atoms with van der Waals surface area (Å²) < 4.78 is 0. The Hall–Kier alpha value is -1.09. The molecule has 0 atom stereocenters. The Bertz CT molecular complexity index is 654. The molecule has 2 rings (SSSR count). The first kappa shape index (κ1) is 16.3. The Morgan fingerprint density at radius 1 is 1.19 bits per heavy atom. The molecule has 2 aromatic carbocycles. The van der Waals surface area contributed by atoms with Gasteiger partial charge in [0.25, 0.3) is 0 Å². The van der Waals surface area contributed by atoms with E-state index in [9.17, 15) is 5.11 Å². The molecule has 0 amide bonds. The second-order valence-electron chi connectivity index (χ2n) is 5.01. The van der Waals surface area contributed by atoms with E-state index >= 15 is 0 Å². The number of benzene rings is 2. The normalized spacial score (nSPS) is 10.6. The lowest BCUT2D eigenvalue weighted by atomic mass is 10.0. The van der Waals surface area contributed by atoms with E-state index in [-0.39, 0.29) is 5.75 Å². The number of rotatable bonds is 5. The highest BCUT2D eigenvalue weighted by molar-refractivity contribution is 7.80. The molecule has 1 nitrogen and oxygen atoms in total. The minimum atomic E-state index is 0.0839. The molecule has 0 aliphatic heterocycles. The van der Waals surface area contributed by atoms with E-state index in [1.165, 1.54) is 5.56 Å². The molecule has 110 valence electrons. The number of thiocarbonyl (C=S) groups is 1. The van der Waals surface area contributed by atoms with Crippen molar-refractivity contribution in [3.05, 3.63) is 63.1 Å². The van der Waals surface area contributed by atoms with Crippen LogP contribution in [0.15, 0.2) is 36.4 Å². The Kier molecular flexibility index (Phi) is 5.63. The van der Waals surface area contributed by atoms with E-state index in [4.69, 9.17) is 35.4 Å². The van der Waals surface area contributed by atoms with E-state index in [2.05, 4.69) is 12.1 Å². The minimum Gasteiger partial charge on any atom is -0.506 e. The molecule has 2 aromatic rings. The lowest BCUT2D eigenvalue weighted by Gasteiger charge is -2.11. The van der Waals surface area contributed by atoms with Gasteiger partial charge in [0.15, 0.2) is 0 Å². The van der Waals surface area contributed by atoms with Crippen LogP contribution in [0.25, 0.3) is 0 Å². The molecule has 21 heavy (non-hydrogen) atoms. The molecule has 0 aromatic heterocycles. The fraction of sp³-hybridized carbons (Fsp3) is 0.235. The van der Waals surface area contributed by atoms with Crippen LogP contribution in [0.2, 0.25) is 10.0 Å². The highest BCUT2D eigenvalue weighted by Gasteiger charge is 2.13. The van der Waals surface area contributed by atoms with Crippen molar-refractivity contribution in [1.29, 1.82) is 0 Å². The van der Waals surface area contributed by atoms with Gasteiger partial charge in [-0.05, 0) is 41.8 Å². The third-order valence-corrected chi connectivity index (χ3v) is 4.63. The summed E-state index contributed by atoms with van der Waals surface area (Å²) in [5.41, 5.74) is 2.63. The van der Waals surface area contributed by atoms with Crippen molar-refractivity contribution in [2.75, 3.05) is 0 Å². The molecule has 0 saturated heterocycles. The van der Waals surface area contributed by atoms with Gasteiger partial charge < -0.3 is 5.11 Å². The Morgan fingerprint density at radius 3 is 2.52 bits per heavy atom. The van der Waals surface area contributed by atoms with Crippen molar-refractivity contribution in [2.45, 2.75) is 26.2 Å². The van der Waals surface area contributed by atoms with Gasteiger partial charge in [-0.25, -0.2) is 0 Å². The molecule has 0 radical (unpaired) electrons. The molecule has 0 aliphatic rings. The molecule has 0 fully saturated rings. The van der Waals surface area contributed by atoms with Crippen LogP contribution >= 0.6 is 35.4 Å². The van der Waals surface area contributed by atoms with Crippen LogP contribution in [-0.2, 0) is 12.8 Å². The summed E-state index contributed by atoms with van der Waals surface area (Å²) in [6.45, 7) is 1.78. The van der Waals surface area contributed by atoms with Crippen LogP contribution in [0.5, 0.6) is 5.75 Å². The maximum absolute atomic E-state index is 10.1. The smallest absolute Gasteiger partial charge is 0.138 e. The molecule has 4 heteroatoms. The van der Waals surface area contributed by atoms with E-state index in [0.717, 1.165) is 17.7 Å². The van der Waals surface area contributed by atoms with E-state index < -0.39 is 0 Å². The van der Waals surface area contributed by atoms with Gasteiger partial charge in [0.2, 0.25) is 0 Å². The average molecular weight is 339 g/mol. The molecule has 0 spiro atoms. The number of halogens is 2. The summed E-state index contributed by atoms with van der Waals surface area (Å²) in [7, 11) is 0. The lowest BCUT2D eigenvalue weighted by Crippen LogP contribution is -2.03. The fourth-order valence-electron chi connectivity index (χ4n) is 2.12. The zero-order valence-corrected chi connectivity index (χ0v) is 14.0. The average Bonchev–Trinajstić information content (AvgIpc) is 2.49. The number of hydrogen-bond donors (Lipinski definition) is 1. The zero-order chi connectivity index (χ0) is 15.4. The number of phenols is 1. The van der Waals surface area contributed by atoms with Crippen molar-refractivity contribution < 1.29 is 5.11 Å². The Labute approximate surface area is 140 Å². The SMILES string of the molecule is Cc1c(Cl)cc(CC(=S)CCc2ccccc2)c(O)c1Cl. The fourth-order valence-corrected chi connectivity index (χ4v) is 2.87. The molecular weight excluding hydrogens is 323 g/mol. The third-order valence-electron chi connectivity index (χ3n) is 3.42. The summed E-state index contributed by atoms with van der Waals surface area (Å²) in [4.78, 5) is 0.880. The van der Waals surface area contributed by atoms with Gasteiger partial charge in [0, 0.05) is 17.0 Å². The zero-order valence-electron chi connectivity index (χ0n) is 11.7. The first-order valence-corrected chi connectivity index (χ1v) is 7.87. The highest BCUT2D eigenvalue weighted by atomic mass is 35.5. The summed E-state index contributed by atoms with van der Waals surface area (Å²) >= 11 is 17.6. The van der Waals surface area contributed by atoms with E-state index in [1.54, 1.807) is 13.0 Å². The van der Waals surface area contributed by atoms with Gasteiger partial charge in [-0.1, -0.05) is 65.8 Å². The van der Waals surface area contributed by atoms with Crippen LogP contribution in [0.4, 0.5) is 0 Å². The van der Waals surface area contributed by atoms with Crippen molar-refractivity contribution in [3.8, 4) is 5.75 Å². The number of aromatic hydroxyl groups is 1. The summed E-state index contributed by atoms with van der Waals surface area (Å²) in [6.07, 6.45) is 2.20. The third kappa shape index (κ3) is 4.19. The van der Waals surface area contributed by atoms with Gasteiger partial charge in [-0.15, -0.1) is 0 Å². The van der Waals surface area contributed by atoms with Gasteiger partial charge in [0.05, 0.1) is 5.02 Å². The monoisotopic (exact) mass is 338 g/mol. The van der Waals surface area contributed by atoms with Crippen molar-refractivity contribution in [3.63, 3.8) is 0 Å². The predicted molar refractivity (Wildman–Crippen MR) is 93.9 cm³/mol. The van der Waals surface area contributed by atoms with Crippen molar-refractivity contribution >= 4 is 40.3 Å². The number of aryl methyl sites for hydroxylation is 1. The van der Waals surface area contributed by atoms with Crippen LogP contribution in [0.3, 0.4) is 0 Å². The standard InChI is InChI=1S/C17H16Cl2OS/c1-11-15(18)10-13(17(20)16(11)19)9-14(21)8-7-12-5-3-2-4-6-12/h2-6,10,20H,7-9H2,1H3. The second kappa shape index (κ2) is 7.26. The van der Waals surface area contributed by atoms with Crippen molar-refractivity contribution in [2.24, 2.45) is 0 Å². The highest BCUT2D eigenvalue weighted by Crippen LogP contribution is 2.36. The molecule has 0 bridgehead atoms. The summed E-state index contributed by atoms with van der Waals surface area (Å²) in [5, 5.41) is 10.9. The molecule has 0 aliphatic carbocycles. The number of hydrogen-bond acceptors (Lipinski definition) is 2. The van der Waals surface area contributed by atoms with Gasteiger partial charge >= 0.3 is 0 Å². The van der Waals surface area contributed by atoms with Crippen LogP contribution in [-0.4, -0.2) is 9.97 Å². The molecular formula is C17H16Cl2OS. The summed E-state index contributed by atoms with van der Waals surface area (Å²) in [6, 6.07) is 11.9. The van der Waals surface area contributed by atoms with Gasteiger partial charge in [-0.3, -0.25) is 0 Å². The quantitative estimate of drug-likeness (QED) is 0.721. The molecule has 1 N–H and O–H groups in total. The molecule has 0 saturated carbocycles. The minimum absolute atomic E-state index is 0.0839. The van der Waals surface area contributed by atoms with Crippen LogP contribution in [0, 0.1) is 6.92 Å². The maximum Gasteiger partial charge on any atom is 0.138 e. The molecule has 0 unspecified atom stereocenters. The Balaban J connectivity index is 2.03. The first-order valence-electron chi connectivity index (χ1n) is 6.71. The summed E-state index contributed by atoms with van der Waals surface area (Å²) in [5.74, 6) is 0.0839. The molecule has 0 heterocycles. The van der Waals surface area contributed by atoms with Crippen molar-refractivity contribution in [1.82, 2.24) is 0 Å². The van der Waals surface area contributed by atoms with E-state index in [0.29, 0.717) is 27.6 Å². The van der Waals surface area contributed by atoms with E-state index in [1.807, 2.05) is 18.2 Å². The largest absolute Gasteiger partial charge is 0.506 e. The van der Waals surface area contributed by atoms with Gasteiger partial charge in [0.1, 0.15) is 5.75 Å². The lowest BCUT2D eigenvalue weighted by molar-refractivity contribution is 0.470. The predicted octanol–water partition coefficient (Wildman–Crippen LogP) is 5.55. The van der Waals surface area contributed by atoms with Crippen LogP contribution in [0.1, 0.15) is 23.1 Å². The maximum atomic E-state index is 10.1.